The van der Waals surface area contributed by atoms with Gasteiger partial charge in [0.25, 0.3) is 0 Å². The summed E-state index contributed by atoms with van der Waals surface area (Å²) < 4.78 is 12.4. The molecule has 3 atom stereocenters. The van der Waals surface area contributed by atoms with E-state index in [9.17, 15) is 9.59 Å². The van der Waals surface area contributed by atoms with E-state index < -0.39 is 5.41 Å². The largest absolute Gasteiger partial charge is 0.462 e. The topological polar surface area (TPSA) is 52.6 Å². The van der Waals surface area contributed by atoms with Gasteiger partial charge in [-0.3, -0.25) is 9.59 Å². The molecule has 4 fully saturated rings. The van der Waals surface area contributed by atoms with Crippen molar-refractivity contribution >= 4 is 11.9 Å². The quantitative estimate of drug-likeness (QED) is 0.296. The van der Waals surface area contributed by atoms with Gasteiger partial charge >= 0.3 is 11.9 Å². The van der Waals surface area contributed by atoms with E-state index >= 15 is 0 Å². The van der Waals surface area contributed by atoms with Gasteiger partial charge in [-0.2, -0.15) is 0 Å². The smallest absolute Gasteiger partial charge is 0.317 e. The third-order valence-electron chi connectivity index (χ3n) is 10.4. The van der Waals surface area contributed by atoms with Crippen LogP contribution in [0, 0.1) is 29.1 Å². The Morgan fingerprint density at radius 2 is 1.26 bits per heavy atom. The van der Waals surface area contributed by atoms with Gasteiger partial charge in [0.15, 0.2) is 0 Å². The van der Waals surface area contributed by atoms with Crippen LogP contribution < -0.4 is 4.74 Å². The van der Waals surface area contributed by atoms with Crippen LogP contribution in [0.25, 0.3) is 0 Å². The van der Waals surface area contributed by atoms with Gasteiger partial charge in [-0.1, -0.05) is 66.7 Å². The molecule has 38 heavy (non-hydrogen) atoms. The SMILES string of the molecule is O=C(OC1C2CC3CC1CC(C(=O)Oc1ccccc1)(C3)C2)C1CC2c3ccccc3C1c1ccccc12. The molecule has 0 N–H and O–H groups in total. The number of hydrogen-bond donors (Lipinski definition) is 0. The standard InChI is InChI=1S/C34H32O4/c35-32(29-16-28-24-10-4-6-12-26(24)30(29)27-13-7-5-11-25(27)28)38-31-21-14-20-15-22(31)19-34(17-20,18-21)33(36)37-23-8-2-1-3-9-23/h1-13,20-22,28-31H,14-19H2. The average Bonchev–Trinajstić information content (AvgIpc) is 2.95. The minimum absolute atomic E-state index is 0.0395. The zero-order valence-corrected chi connectivity index (χ0v) is 21.4. The van der Waals surface area contributed by atoms with Crippen molar-refractivity contribution in [2.45, 2.75) is 56.5 Å². The number of carbonyl (C=O) groups is 2. The summed E-state index contributed by atoms with van der Waals surface area (Å²) in [6.07, 6.45) is 5.29. The Balaban J connectivity index is 1.04. The van der Waals surface area contributed by atoms with E-state index in [1.165, 1.54) is 22.3 Å². The number of fused-ring (bicyclic) bond motifs is 1. The van der Waals surface area contributed by atoms with Crippen LogP contribution in [-0.2, 0) is 14.3 Å². The zero-order valence-electron chi connectivity index (χ0n) is 21.4. The van der Waals surface area contributed by atoms with Crippen molar-refractivity contribution in [1.29, 1.82) is 0 Å². The van der Waals surface area contributed by atoms with Crippen LogP contribution in [0.3, 0.4) is 0 Å². The van der Waals surface area contributed by atoms with Gasteiger partial charge in [-0.15, -0.1) is 0 Å². The summed E-state index contributed by atoms with van der Waals surface area (Å²) in [5.74, 6) is 1.65. The maximum atomic E-state index is 13.9. The number of benzene rings is 3. The summed E-state index contributed by atoms with van der Waals surface area (Å²) in [5.41, 5.74) is 4.88. The van der Waals surface area contributed by atoms with E-state index in [2.05, 4.69) is 48.5 Å². The normalized spacial score (nSPS) is 35.3. The van der Waals surface area contributed by atoms with Gasteiger partial charge < -0.3 is 9.47 Å². The molecule has 0 aromatic heterocycles. The summed E-state index contributed by atoms with van der Waals surface area (Å²) in [6, 6.07) is 26.7. The Kier molecular flexibility index (Phi) is 4.93. The van der Waals surface area contributed by atoms with E-state index in [0.29, 0.717) is 11.7 Å². The highest BCUT2D eigenvalue weighted by Crippen LogP contribution is 2.62. The van der Waals surface area contributed by atoms with Crippen LogP contribution in [0.15, 0.2) is 78.9 Å². The lowest BCUT2D eigenvalue weighted by atomic mass is 9.48. The summed E-state index contributed by atoms with van der Waals surface area (Å²) in [7, 11) is 0. The molecule has 0 saturated heterocycles. The third kappa shape index (κ3) is 3.28. The van der Waals surface area contributed by atoms with Gasteiger partial charge in [0, 0.05) is 11.8 Å². The Labute approximate surface area is 223 Å². The molecule has 3 aromatic carbocycles. The average molecular weight is 505 g/mol. The molecule has 0 radical (unpaired) electrons. The zero-order chi connectivity index (χ0) is 25.4. The maximum absolute atomic E-state index is 13.9. The predicted molar refractivity (Wildman–Crippen MR) is 143 cm³/mol. The van der Waals surface area contributed by atoms with Crippen molar-refractivity contribution in [3.63, 3.8) is 0 Å². The summed E-state index contributed by atoms with van der Waals surface area (Å²) in [6.45, 7) is 0. The maximum Gasteiger partial charge on any atom is 0.317 e. The molecule has 7 aliphatic carbocycles. The van der Waals surface area contributed by atoms with Crippen LogP contribution in [0.5, 0.6) is 5.75 Å². The van der Waals surface area contributed by atoms with Crippen LogP contribution in [0.4, 0.5) is 0 Å². The Hall–Kier alpha value is -3.40. The molecule has 192 valence electrons. The Bertz CT molecular complexity index is 1360. The van der Waals surface area contributed by atoms with E-state index in [4.69, 9.17) is 9.47 Å². The van der Waals surface area contributed by atoms with E-state index in [0.717, 1.165) is 38.5 Å². The van der Waals surface area contributed by atoms with Crippen LogP contribution in [-0.4, -0.2) is 18.0 Å². The first-order valence-electron chi connectivity index (χ1n) is 14.2. The van der Waals surface area contributed by atoms with E-state index in [1.807, 2.05) is 30.3 Å². The Morgan fingerprint density at radius 1 is 0.684 bits per heavy atom. The number of rotatable bonds is 4. The molecule has 3 unspecified atom stereocenters. The van der Waals surface area contributed by atoms with Gasteiger partial charge in [-0.25, -0.2) is 0 Å². The number of esters is 2. The highest BCUT2D eigenvalue weighted by Gasteiger charge is 2.61. The summed E-state index contributed by atoms with van der Waals surface area (Å²) in [5, 5.41) is 0. The molecule has 4 nitrogen and oxygen atoms in total. The van der Waals surface area contributed by atoms with Gasteiger partial charge in [0.05, 0.1) is 11.3 Å². The van der Waals surface area contributed by atoms with Gasteiger partial charge in [0.2, 0.25) is 0 Å². The lowest BCUT2D eigenvalue weighted by Gasteiger charge is -2.58. The first-order valence-corrected chi connectivity index (χ1v) is 14.2. The molecule has 3 aromatic rings. The summed E-state index contributed by atoms with van der Waals surface area (Å²) in [4.78, 5) is 27.4. The van der Waals surface area contributed by atoms with E-state index in [1.54, 1.807) is 0 Å². The minimum atomic E-state index is -0.433. The fourth-order valence-corrected chi connectivity index (χ4v) is 9.21. The molecular weight excluding hydrogens is 472 g/mol. The molecule has 0 amide bonds. The number of carbonyl (C=O) groups excluding carboxylic acids is 2. The third-order valence-corrected chi connectivity index (χ3v) is 10.4. The number of para-hydroxylation sites is 1. The highest BCUT2D eigenvalue weighted by molar-refractivity contribution is 5.80. The molecule has 4 saturated carbocycles. The minimum Gasteiger partial charge on any atom is -0.462 e. The second-order valence-electron chi connectivity index (χ2n) is 12.5. The molecular formula is C34H32O4. The second kappa shape index (κ2) is 8.30. The highest BCUT2D eigenvalue weighted by atomic mass is 16.5. The first kappa shape index (κ1) is 22.6. The molecule has 0 spiro atoms. The Morgan fingerprint density at radius 3 is 1.89 bits per heavy atom. The molecule has 7 aliphatic rings. The van der Waals surface area contributed by atoms with Crippen molar-refractivity contribution in [2.24, 2.45) is 29.1 Å². The van der Waals surface area contributed by atoms with Gasteiger partial charge in [-0.05, 0) is 90.7 Å². The number of ether oxygens (including phenoxy) is 2. The molecule has 10 rings (SSSR count). The van der Waals surface area contributed by atoms with Crippen molar-refractivity contribution < 1.29 is 19.1 Å². The molecule has 4 heteroatoms. The summed E-state index contributed by atoms with van der Waals surface area (Å²) >= 11 is 0. The lowest BCUT2D eigenvalue weighted by Crippen LogP contribution is -2.58. The van der Waals surface area contributed by atoms with Crippen molar-refractivity contribution in [1.82, 2.24) is 0 Å². The van der Waals surface area contributed by atoms with Gasteiger partial charge in [0.1, 0.15) is 11.9 Å². The predicted octanol–water partition coefficient (Wildman–Crippen LogP) is 6.63. The lowest BCUT2D eigenvalue weighted by molar-refractivity contribution is -0.194. The van der Waals surface area contributed by atoms with Crippen LogP contribution >= 0.6 is 0 Å². The molecule has 0 heterocycles. The van der Waals surface area contributed by atoms with E-state index in [-0.39, 0.29) is 47.6 Å². The van der Waals surface area contributed by atoms with Crippen molar-refractivity contribution in [3.05, 3.63) is 101 Å². The van der Waals surface area contributed by atoms with Crippen molar-refractivity contribution in [2.75, 3.05) is 0 Å². The van der Waals surface area contributed by atoms with Crippen molar-refractivity contribution in [3.8, 4) is 5.75 Å². The molecule has 6 bridgehead atoms. The fourth-order valence-electron chi connectivity index (χ4n) is 9.21. The first-order chi connectivity index (χ1) is 18.6. The van der Waals surface area contributed by atoms with Crippen LogP contribution in [0.1, 0.15) is 72.6 Å². The van der Waals surface area contributed by atoms with Crippen LogP contribution in [0.2, 0.25) is 0 Å². The molecule has 0 aliphatic heterocycles. The fraction of sp³-hybridized carbons (Fsp3) is 0.412. The number of hydrogen-bond acceptors (Lipinski definition) is 4. The monoisotopic (exact) mass is 504 g/mol. The second-order valence-corrected chi connectivity index (χ2v) is 12.5.